The average molecular weight is 198 g/mol. The first-order valence-electron chi connectivity index (χ1n) is 3.28. The van der Waals surface area contributed by atoms with Crippen molar-refractivity contribution in [3.05, 3.63) is 11.6 Å². The highest BCUT2D eigenvalue weighted by atomic mass is 35.5. The van der Waals surface area contributed by atoms with Crippen LogP contribution < -0.4 is 5.73 Å². The van der Waals surface area contributed by atoms with Crippen molar-refractivity contribution < 1.29 is 8.42 Å². The molecule has 0 rings (SSSR count). The highest BCUT2D eigenvalue weighted by Crippen LogP contribution is 1.94. The largest absolute Gasteiger partial charge is 0.330 e. The summed E-state index contributed by atoms with van der Waals surface area (Å²) in [6.45, 7) is 0.407. The lowest BCUT2D eigenvalue weighted by Gasteiger charge is -1.97. The van der Waals surface area contributed by atoms with Crippen LogP contribution in [0.2, 0.25) is 0 Å². The van der Waals surface area contributed by atoms with Gasteiger partial charge in [-0.1, -0.05) is 17.7 Å². The Morgan fingerprint density at radius 2 is 2.09 bits per heavy atom. The predicted octanol–water partition coefficient (Wildman–Crippen LogP) is 0.503. The third-order valence-corrected chi connectivity index (χ3v) is 2.89. The third-order valence-electron chi connectivity index (χ3n) is 1.10. The highest BCUT2D eigenvalue weighted by molar-refractivity contribution is 7.91. The van der Waals surface area contributed by atoms with Gasteiger partial charge in [0.05, 0.1) is 11.5 Å². The number of hydrogen-bond acceptors (Lipinski definition) is 3. The number of halogens is 1. The van der Waals surface area contributed by atoms with E-state index in [9.17, 15) is 8.42 Å². The molecule has 0 fully saturated rings. The van der Waals surface area contributed by atoms with E-state index >= 15 is 0 Å². The first kappa shape index (κ1) is 10.9. The second-order valence-corrected chi connectivity index (χ2v) is 4.60. The summed E-state index contributed by atoms with van der Waals surface area (Å²) in [7, 11) is -2.96. The van der Waals surface area contributed by atoms with Gasteiger partial charge in [-0.15, -0.1) is 0 Å². The minimum absolute atomic E-state index is 0.0104. The molecule has 0 aromatic carbocycles. The maximum Gasteiger partial charge on any atom is 0.153 e. The Hall–Kier alpha value is -0.0600. The second-order valence-electron chi connectivity index (χ2n) is 2.12. The fourth-order valence-electron chi connectivity index (χ4n) is 0.570. The van der Waals surface area contributed by atoms with Gasteiger partial charge in [0.15, 0.2) is 9.84 Å². The lowest BCUT2D eigenvalue weighted by Crippen LogP contribution is -2.13. The normalized spacial score (nSPS) is 12.5. The van der Waals surface area contributed by atoms with Gasteiger partial charge in [-0.05, 0) is 13.0 Å². The molecule has 5 heteroatoms. The zero-order valence-corrected chi connectivity index (χ0v) is 7.74. The van der Waals surface area contributed by atoms with Crippen LogP contribution in [0.1, 0.15) is 6.42 Å². The van der Waals surface area contributed by atoms with Crippen LogP contribution >= 0.6 is 11.6 Å². The van der Waals surface area contributed by atoms with Gasteiger partial charge in [-0.3, -0.25) is 0 Å². The smallest absolute Gasteiger partial charge is 0.153 e. The van der Waals surface area contributed by atoms with Crippen LogP contribution in [0.4, 0.5) is 0 Å². The average Bonchev–Trinajstić information content (AvgIpc) is 1.97. The fraction of sp³-hybridized carbons (Fsp3) is 0.667. The van der Waals surface area contributed by atoms with E-state index in [0.717, 1.165) is 0 Å². The van der Waals surface area contributed by atoms with Gasteiger partial charge in [0, 0.05) is 5.54 Å². The number of rotatable bonds is 5. The monoisotopic (exact) mass is 197 g/mol. The summed E-state index contributed by atoms with van der Waals surface area (Å²) in [4.78, 5) is 0. The first-order chi connectivity index (χ1) is 5.12. The van der Waals surface area contributed by atoms with Crippen LogP contribution in [0.25, 0.3) is 0 Å². The zero-order valence-electron chi connectivity index (χ0n) is 6.16. The number of sulfone groups is 1. The molecule has 0 aliphatic heterocycles. The lowest BCUT2D eigenvalue weighted by atomic mass is 10.5. The second kappa shape index (κ2) is 5.57. The third kappa shape index (κ3) is 6.34. The molecule has 2 N–H and O–H groups in total. The summed E-state index contributed by atoms with van der Waals surface area (Å²) in [5.41, 5.74) is 6.36. The Labute approximate surface area is 72.1 Å². The molecule has 0 aliphatic carbocycles. The minimum atomic E-state index is -2.96. The van der Waals surface area contributed by atoms with Crippen molar-refractivity contribution in [1.29, 1.82) is 0 Å². The molecular weight excluding hydrogens is 186 g/mol. The molecule has 0 radical (unpaired) electrons. The zero-order chi connectivity index (χ0) is 8.74. The van der Waals surface area contributed by atoms with E-state index in [0.29, 0.717) is 13.0 Å². The molecular formula is C6H12ClNO2S. The van der Waals surface area contributed by atoms with Gasteiger partial charge in [-0.2, -0.15) is 0 Å². The molecule has 0 bridgehead atoms. The quantitative estimate of drug-likeness (QED) is 0.699. The van der Waals surface area contributed by atoms with Crippen molar-refractivity contribution in [3.8, 4) is 0 Å². The maximum absolute atomic E-state index is 11.0. The summed E-state index contributed by atoms with van der Waals surface area (Å²) in [5, 5.41) is 0. The standard InChI is InChI=1S/C6H12ClNO2S/c7-3-1-5-11(9,10)6-2-4-8/h1,3H,2,4-6,8H2/b3-1-. The maximum atomic E-state index is 11.0. The topological polar surface area (TPSA) is 60.2 Å². The van der Waals surface area contributed by atoms with Crippen molar-refractivity contribution in [2.75, 3.05) is 18.1 Å². The van der Waals surface area contributed by atoms with E-state index in [1.54, 1.807) is 0 Å². The van der Waals surface area contributed by atoms with Gasteiger partial charge in [0.1, 0.15) is 0 Å². The van der Waals surface area contributed by atoms with Crippen LogP contribution in [0.3, 0.4) is 0 Å². The van der Waals surface area contributed by atoms with Gasteiger partial charge < -0.3 is 5.73 Å². The molecule has 0 saturated carbocycles. The molecule has 0 aliphatic rings. The summed E-state index contributed by atoms with van der Waals surface area (Å²) in [6, 6.07) is 0. The molecule has 0 amide bonds. The minimum Gasteiger partial charge on any atom is -0.330 e. The summed E-state index contributed by atoms with van der Waals surface area (Å²) in [6.07, 6.45) is 1.92. The van der Waals surface area contributed by atoms with Crippen LogP contribution in [-0.4, -0.2) is 26.5 Å². The van der Waals surface area contributed by atoms with Crippen molar-refractivity contribution in [2.45, 2.75) is 6.42 Å². The molecule has 0 heterocycles. The first-order valence-corrected chi connectivity index (χ1v) is 5.54. The van der Waals surface area contributed by atoms with E-state index < -0.39 is 9.84 Å². The van der Waals surface area contributed by atoms with Crippen LogP contribution in [0.5, 0.6) is 0 Å². The van der Waals surface area contributed by atoms with E-state index in [2.05, 4.69) is 0 Å². The van der Waals surface area contributed by atoms with E-state index in [1.807, 2.05) is 0 Å². The molecule has 0 aromatic rings. The van der Waals surface area contributed by atoms with Crippen molar-refractivity contribution >= 4 is 21.4 Å². The van der Waals surface area contributed by atoms with E-state index in [1.165, 1.54) is 11.6 Å². The van der Waals surface area contributed by atoms with Gasteiger partial charge >= 0.3 is 0 Å². The summed E-state index contributed by atoms with van der Waals surface area (Å²) in [5.74, 6) is 0.154. The van der Waals surface area contributed by atoms with E-state index in [-0.39, 0.29) is 11.5 Å². The van der Waals surface area contributed by atoms with Crippen LogP contribution in [-0.2, 0) is 9.84 Å². The molecule has 0 atom stereocenters. The van der Waals surface area contributed by atoms with Gasteiger partial charge in [0.25, 0.3) is 0 Å². The Bertz CT molecular complexity index is 211. The molecule has 0 unspecified atom stereocenters. The van der Waals surface area contributed by atoms with Gasteiger partial charge in [-0.25, -0.2) is 8.42 Å². The lowest BCUT2D eigenvalue weighted by molar-refractivity contribution is 0.596. The summed E-state index contributed by atoms with van der Waals surface area (Å²) < 4.78 is 22.0. The predicted molar refractivity (Wildman–Crippen MR) is 47.3 cm³/mol. The van der Waals surface area contributed by atoms with Crippen molar-refractivity contribution in [3.63, 3.8) is 0 Å². The van der Waals surface area contributed by atoms with Crippen LogP contribution in [0.15, 0.2) is 11.6 Å². The molecule has 0 aromatic heterocycles. The Balaban J connectivity index is 3.82. The van der Waals surface area contributed by atoms with Crippen molar-refractivity contribution in [2.24, 2.45) is 5.73 Å². The van der Waals surface area contributed by atoms with E-state index in [4.69, 9.17) is 17.3 Å². The highest BCUT2D eigenvalue weighted by Gasteiger charge is 2.06. The number of nitrogens with two attached hydrogens (primary N) is 1. The Morgan fingerprint density at radius 1 is 1.45 bits per heavy atom. The van der Waals surface area contributed by atoms with Crippen LogP contribution in [0, 0.1) is 0 Å². The SMILES string of the molecule is NCCCS(=O)(=O)C/C=C\Cl. The molecule has 0 spiro atoms. The fourth-order valence-corrected chi connectivity index (χ4v) is 1.93. The Kier molecular flexibility index (Phi) is 5.54. The number of hydrogen-bond donors (Lipinski definition) is 1. The van der Waals surface area contributed by atoms with Gasteiger partial charge in [0.2, 0.25) is 0 Å². The molecule has 3 nitrogen and oxygen atoms in total. The van der Waals surface area contributed by atoms with Crippen molar-refractivity contribution in [1.82, 2.24) is 0 Å². The summed E-state index contributed by atoms with van der Waals surface area (Å²) >= 11 is 5.17. The molecule has 66 valence electrons. The Morgan fingerprint density at radius 3 is 2.55 bits per heavy atom. The molecule has 0 saturated heterocycles. The molecule has 11 heavy (non-hydrogen) atoms.